The average molecular weight is 310 g/mol. The molecule has 0 aromatic heterocycles. The quantitative estimate of drug-likeness (QED) is 0.639. The molecule has 0 saturated heterocycles. The maximum Gasteiger partial charge on any atom is 0.320 e. The minimum atomic E-state index is -0.961. The zero-order valence-electron chi connectivity index (χ0n) is 13.0. The Morgan fingerprint density at radius 1 is 1.27 bits per heavy atom. The number of hydrogen-bond donors (Lipinski definition) is 3. The van der Waals surface area contributed by atoms with E-state index >= 15 is 0 Å². The van der Waals surface area contributed by atoms with Crippen LogP contribution in [0.3, 0.4) is 0 Å². The molecule has 1 amide bonds. The number of carbonyl (C=O) groups excluding carboxylic acids is 1. The molecule has 1 aromatic carbocycles. The summed E-state index contributed by atoms with van der Waals surface area (Å²) in [4.78, 5) is 22.9. The summed E-state index contributed by atoms with van der Waals surface area (Å²) in [6.07, 6.45) is 1.19. The number of rotatable bonds is 9. The molecule has 7 heteroatoms. The van der Waals surface area contributed by atoms with Gasteiger partial charge in [0, 0.05) is 6.07 Å². The highest BCUT2D eigenvalue weighted by Gasteiger charge is 2.17. The predicted octanol–water partition coefficient (Wildman–Crippen LogP) is 1.49. The third-order valence-electron chi connectivity index (χ3n) is 3.07. The van der Waals surface area contributed by atoms with Crippen LogP contribution in [0.15, 0.2) is 18.2 Å². The van der Waals surface area contributed by atoms with Gasteiger partial charge in [-0.15, -0.1) is 0 Å². The van der Waals surface area contributed by atoms with E-state index in [9.17, 15) is 9.59 Å². The van der Waals surface area contributed by atoms with Crippen LogP contribution in [0.1, 0.15) is 19.8 Å². The van der Waals surface area contributed by atoms with Crippen molar-refractivity contribution in [3.05, 3.63) is 18.2 Å². The van der Waals surface area contributed by atoms with Crippen LogP contribution in [-0.2, 0) is 9.59 Å². The lowest BCUT2D eigenvalue weighted by molar-refractivity contribution is -0.139. The van der Waals surface area contributed by atoms with Crippen LogP contribution in [-0.4, -0.2) is 43.8 Å². The van der Waals surface area contributed by atoms with Gasteiger partial charge in [0.05, 0.1) is 26.5 Å². The van der Waals surface area contributed by atoms with E-state index in [4.69, 9.17) is 14.6 Å². The Morgan fingerprint density at radius 2 is 2.00 bits per heavy atom. The van der Waals surface area contributed by atoms with Crippen molar-refractivity contribution in [1.82, 2.24) is 5.32 Å². The van der Waals surface area contributed by atoms with Crippen LogP contribution >= 0.6 is 0 Å². The Labute approximate surface area is 129 Å². The molecule has 7 nitrogen and oxygen atoms in total. The Morgan fingerprint density at radius 3 is 2.55 bits per heavy atom. The van der Waals surface area contributed by atoms with Crippen molar-refractivity contribution in [3.8, 4) is 11.5 Å². The van der Waals surface area contributed by atoms with Gasteiger partial charge in [0.25, 0.3) is 0 Å². The first kappa shape index (κ1) is 17.8. The summed E-state index contributed by atoms with van der Waals surface area (Å²) in [5, 5.41) is 14.4. The first-order valence-corrected chi connectivity index (χ1v) is 6.99. The molecule has 0 aliphatic rings. The van der Waals surface area contributed by atoms with Crippen LogP contribution in [0.2, 0.25) is 0 Å². The fourth-order valence-corrected chi connectivity index (χ4v) is 1.91. The van der Waals surface area contributed by atoms with E-state index < -0.39 is 12.0 Å². The summed E-state index contributed by atoms with van der Waals surface area (Å²) in [6, 6.07) is 4.28. The Balaban J connectivity index is 2.63. The highest BCUT2D eigenvalue weighted by atomic mass is 16.5. The second-order valence-corrected chi connectivity index (χ2v) is 4.67. The summed E-state index contributed by atoms with van der Waals surface area (Å²) in [7, 11) is 3.03. The van der Waals surface area contributed by atoms with Crippen molar-refractivity contribution < 1.29 is 24.2 Å². The molecular weight excluding hydrogens is 288 g/mol. The predicted molar refractivity (Wildman–Crippen MR) is 82.5 cm³/mol. The largest absolute Gasteiger partial charge is 0.497 e. The number of anilines is 1. The molecule has 0 heterocycles. The van der Waals surface area contributed by atoms with Crippen molar-refractivity contribution in [2.75, 3.05) is 26.1 Å². The summed E-state index contributed by atoms with van der Waals surface area (Å²) in [5.41, 5.74) is 0.498. The Bertz CT molecular complexity index is 519. The fourth-order valence-electron chi connectivity index (χ4n) is 1.91. The average Bonchev–Trinajstić information content (AvgIpc) is 2.51. The van der Waals surface area contributed by atoms with Gasteiger partial charge in [-0.1, -0.05) is 13.3 Å². The molecule has 0 aliphatic carbocycles. The second kappa shape index (κ2) is 8.89. The topological polar surface area (TPSA) is 96.9 Å². The second-order valence-electron chi connectivity index (χ2n) is 4.67. The summed E-state index contributed by atoms with van der Waals surface area (Å²) >= 11 is 0. The van der Waals surface area contributed by atoms with Gasteiger partial charge < -0.3 is 19.9 Å². The van der Waals surface area contributed by atoms with Crippen molar-refractivity contribution in [2.24, 2.45) is 0 Å². The number of hydrogen-bond acceptors (Lipinski definition) is 5. The van der Waals surface area contributed by atoms with Crippen molar-refractivity contribution in [1.29, 1.82) is 0 Å². The molecule has 1 unspecified atom stereocenters. The van der Waals surface area contributed by atoms with Gasteiger partial charge in [0.1, 0.15) is 17.5 Å². The standard InChI is InChI=1S/C15H22N2O5/c1-4-5-12(15(19)20)16-9-14(18)17-11-7-6-10(21-2)8-13(11)22-3/h6-8,12,16H,4-5,9H2,1-3H3,(H,17,18)(H,19,20). The summed E-state index contributed by atoms with van der Waals surface area (Å²) in [6.45, 7) is 1.80. The third-order valence-corrected chi connectivity index (χ3v) is 3.07. The van der Waals surface area contributed by atoms with Gasteiger partial charge in [-0.25, -0.2) is 0 Å². The third kappa shape index (κ3) is 5.25. The van der Waals surface area contributed by atoms with E-state index in [2.05, 4.69) is 10.6 Å². The normalized spacial score (nSPS) is 11.6. The van der Waals surface area contributed by atoms with Gasteiger partial charge in [-0.2, -0.15) is 0 Å². The minimum absolute atomic E-state index is 0.0911. The molecule has 0 bridgehead atoms. The lowest BCUT2D eigenvalue weighted by Gasteiger charge is -2.14. The van der Waals surface area contributed by atoms with Crippen LogP contribution < -0.4 is 20.1 Å². The highest BCUT2D eigenvalue weighted by molar-refractivity contribution is 5.94. The lowest BCUT2D eigenvalue weighted by atomic mass is 10.1. The molecule has 0 fully saturated rings. The van der Waals surface area contributed by atoms with E-state index in [-0.39, 0.29) is 12.5 Å². The first-order valence-electron chi connectivity index (χ1n) is 6.99. The van der Waals surface area contributed by atoms with E-state index in [0.29, 0.717) is 23.6 Å². The monoisotopic (exact) mass is 310 g/mol. The maximum absolute atomic E-state index is 11.9. The molecule has 0 aliphatic heterocycles. The number of aliphatic carboxylic acids is 1. The number of benzene rings is 1. The first-order chi connectivity index (χ1) is 10.5. The highest BCUT2D eigenvalue weighted by Crippen LogP contribution is 2.28. The van der Waals surface area contributed by atoms with Crippen LogP contribution in [0, 0.1) is 0 Å². The van der Waals surface area contributed by atoms with Crippen LogP contribution in [0.4, 0.5) is 5.69 Å². The molecule has 0 radical (unpaired) electrons. The van der Waals surface area contributed by atoms with Gasteiger partial charge in [0.2, 0.25) is 5.91 Å². The molecule has 0 saturated carbocycles. The lowest BCUT2D eigenvalue weighted by Crippen LogP contribution is -2.41. The minimum Gasteiger partial charge on any atom is -0.497 e. The fraction of sp³-hybridized carbons (Fsp3) is 0.467. The number of carboxylic acids is 1. The van der Waals surface area contributed by atoms with Gasteiger partial charge >= 0.3 is 5.97 Å². The molecule has 1 aromatic rings. The van der Waals surface area contributed by atoms with E-state index in [1.54, 1.807) is 18.2 Å². The molecule has 1 atom stereocenters. The number of ether oxygens (including phenoxy) is 2. The molecule has 1 rings (SSSR count). The van der Waals surface area contributed by atoms with Crippen molar-refractivity contribution in [2.45, 2.75) is 25.8 Å². The van der Waals surface area contributed by atoms with Gasteiger partial charge in [-0.3, -0.25) is 14.9 Å². The maximum atomic E-state index is 11.9. The zero-order chi connectivity index (χ0) is 16.5. The number of amides is 1. The van der Waals surface area contributed by atoms with Crippen LogP contribution in [0.25, 0.3) is 0 Å². The number of nitrogens with one attached hydrogen (secondary N) is 2. The number of methoxy groups -OCH3 is 2. The Kier molecular flexibility index (Phi) is 7.18. The van der Waals surface area contributed by atoms with Crippen LogP contribution in [0.5, 0.6) is 11.5 Å². The number of carboxylic acid groups (broad SMARTS) is 1. The van der Waals surface area contributed by atoms with Gasteiger partial charge in [0.15, 0.2) is 0 Å². The van der Waals surface area contributed by atoms with Crippen molar-refractivity contribution >= 4 is 17.6 Å². The molecule has 0 spiro atoms. The summed E-state index contributed by atoms with van der Waals surface area (Å²) in [5.74, 6) is -0.222. The smallest absolute Gasteiger partial charge is 0.320 e. The summed E-state index contributed by atoms with van der Waals surface area (Å²) < 4.78 is 10.3. The van der Waals surface area contributed by atoms with Crippen molar-refractivity contribution in [3.63, 3.8) is 0 Å². The van der Waals surface area contributed by atoms with Gasteiger partial charge in [-0.05, 0) is 18.6 Å². The van der Waals surface area contributed by atoms with E-state index in [1.807, 2.05) is 6.92 Å². The van der Waals surface area contributed by atoms with E-state index in [1.165, 1.54) is 14.2 Å². The van der Waals surface area contributed by atoms with E-state index in [0.717, 1.165) is 6.42 Å². The molecule has 122 valence electrons. The number of carbonyl (C=O) groups is 2. The SMILES string of the molecule is CCCC(NCC(=O)Nc1ccc(OC)cc1OC)C(=O)O. The Hall–Kier alpha value is -2.28. The molecule has 22 heavy (non-hydrogen) atoms. The molecule has 3 N–H and O–H groups in total. The zero-order valence-corrected chi connectivity index (χ0v) is 13.0. The molecular formula is C15H22N2O5.